The number of carbonyl (C=O) groups is 2. The molecule has 0 unspecified atom stereocenters. The van der Waals surface area contributed by atoms with Gasteiger partial charge in [-0.25, -0.2) is 0 Å². The Morgan fingerprint density at radius 3 is 2.57 bits per heavy atom. The lowest BCUT2D eigenvalue weighted by Gasteiger charge is -2.05. The minimum atomic E-state index is -0.467. The Balaban J connectivity index is 1.50. The maximum absolute atomic E-state index is 12.7. The first-order valence-corrected chi connectivity index (χ1v) is 9.43. The third-order valence-corrected chi connectivity index (χ3v) is 4.34. The van der Waals surface area contributed by atoms with Crippen molar-refractivity contribution in [1.82, 2.24) is 19.6 Å². The lowest BCUT2D eigenvalue weighted by Crippen LogP contribution is -2.17. The van der Waals surface area contributed by atoms with Crippen molar-refractivity contribution < 1.29 is 14.0 Å². The number of aromatic nitrogens is 4. The summed E-state index contributed by atoms with van der Waals surface area (Å²) in [6.07, 6.45) is 5.09. The van der Waals surface area contributed by atoms with E-state index in [0.29, 0.717) is 30.2 Å². The van der Waals surface area contributed by atoms with Crippen LogP contribution in [-0.2, 0) is 13.1 Å². The number of hydrogen-bond donors (Lipinski definition) is 2. The van der Waals surface area contributed by atoms with Crippen LogP contribution < -0.4 is 10.6 Å². The number of nitrogens with one attached hydrogen (secondary N) is 2. The van der Waals surface area contributed by atoms with Gasteiger partial charge in [0.1, 0.15) is 5.76 Å². The summed E-state index contributed by atoms with van der Waals surface area (Å²) in [5.74, 6) is -0.153. The Bertz CT molecular complexity index is 1140. The van der Waals surface area contributed by atoms with Crippen molar-refractivity contribution >= 4 is 23.2 Å². The number of para-hydroxylation sites is 1. The molecule has 0 aliphatic heterocycles. The quantitative estimate of drug-likeness (QED) is 0.492. The van der Waals surface area contributed by atoms with Crippen molar-refractivity contribution in [2.75, 3.05) is 10.6 Å². The summed E-state index contributed by atoms with van der Waals surface area (Å²) >= 11 is 0. The van der Waals surface area contributed by atoms with Crippen molar-refractivity contribution in [2.45, 2.75) is 20.0 Å². The maximum atomic E-state index is 12.7. The van der Waals surface area contributed by atoms with E-state index in [0.717, 1.165) is 0 Å². The van der Waals surface area contributed by atoms with E-state index in [4.69, 9.17) is 4.42 Å². The summed E-state index contributed by atoms with van der Waals surface area (Å²) < 4.78 is 8.90. The Kier molecular flexibility index (Phi) is 5.42. The van der Waals surface area contributed by atoms with Crippen LogP contribution in [0.5, 0.6) is 0 Å². The molecule has 9 heteroatoms. The van der Waals surface area contributed by atoms with Crippen molar-refractivity contribution in [2.24, 2.45) is 0 Å². The molecule has 9 nitrogen and oxygen atoms in total. The fourth-order valence-electron chi connectivity index (χ4n) is 2.88. The van der Waals surface area contributed by atoms with Crippen molar-refractivity contribution in [1.29, 1.82) is 0 Å². The van der Waals surface area contributed by atoms with Crippen molar-refractivity contribution in [3.05, 3.63) is 84.3 Å². The van der Waals surface area contributed by atoms with E-state index in [1.807, 2.05) is 31.2 Å². The minimum absolute atomic E-state index is 0.123. The molecule has 0 aliphatic carbocycles. The molecular formula is C21H20N6O3. The number of rotatable bonds is 7. The first kappa shape index (κ1) is 19.2. The molecule has 2 amide bonds. The largest absolute Gasteiger partial charge is 0.454 e. The van der Waals surface area contributed by atoms with Crippen LogP contribution in [0, 0.1) is 0 Å². The number of hydrogen-bond acceptors (Lipinski definition) is 5. The number of amides is 2. The third-order valence-electron chi connectivity index (χ3n) is 4.34. The van der Waals surface area contributed by atoms with Crippen LogP contribution in [0.2, 0.25) is 0 Å². The van der Waals surface area contributed by atoms with Crippen LogP contribution in [-0.4, -0.2) is 31.4 Å². The number of carbonyl (C=O) groups excluding carboxylic acids is 2. The average molecular weight is 404 g/mol. The molecule has 0 atom stereocenters. The van der Waals surface area contributed by atoms with Gasteiger partial charge in [0.2, 0.25) is 0 Å². The predicted octanol–water partition coefficient (Wildman–Crippen LogP) is 3.25. The molecule has 4 aromatic rings. The second kappa shape index (κ2) is 8.48. The smallest absolute Gasteiger partial charge is 0.291 e. The lowest BCUT2D eigenvalue weighted by molar-refractivity contribution is 0.0994. The van der Waals surface area contributed by atoms with Gasteiger partial charge in [-0.15, -0.1) is 0 Å². The Morgan fingerprint density at radius 1 is 1.00 bits per heavy atom. The van der Waals surface area contributed by atoms with Gasteiger partial charge in [0.05, 0.1) is 12.2 Å². The highest BCUT2D eigenvalue weighted by Crippen LogP contribution is 2.19. The van der Waals surface area contributed by atoms with Crippen molar-refractivity contribution in [3.8, 4) is 0 Å². The van der Waals surface area contributed by atoms with Crippen molar-refractivity contribution in [3.63, 3.8) is 0 Å². The Labute approximate surface area is 172 Å². The van der Waals surface area contributed by atoms with E-state index in [1.54, 1.807) is 52.2 Å². The molecule has 30 heavy (non-hydrogen) atoms. The van der Waals surface area contributed by atoms with Crippen LogP contribution in [0.1, 0.15) is 33.7 Å². The first-order chi connectivity index (χ1) is 14.6. The van der Waals surface area contributed by atoms with Gasteiger partial charge >= 0.3 is 0 Å². The van der Waals surface area contributed by atoms with E-state index < -0.39 is 11.8 Å². The molecule has 3 aromatic heterocycles. The number of nitrogens with zero attached hydrogens (tertiary/aromatic N) is 4. The monoisotopic (exact) mass is 404 g/mol. The van der Waals surface area contributed by atoms with Gasteiger partial charge in [0.25, 0.3) is 11.8 Å². The molecule has 0 aliphatic rings. The Morgan fingerprint density at radius 2 is 1.83 bits per heavy atom. The van der Waals surface area contributed by atoms with Crippen LogP contribution in [0.3, 0.4) is 0 Å². The lowest BCUT2D eigenvalue weighted by atomic mass is 10.3. The summed E-state index contributed by atoms with van der Waals surface area (Å²) in [6.45, 7) is 2.86. The maximum Gasteiger partial charge on any atom is 0.291 e. The van der Waals surface area contributed by atoms with Crippen LogP contribution >= 0.6 is 0 Å². The third kappa shape index (κ3) is 4.30. The number of anilines is 2. The predicted molar refractivity (Wildman–Crippen MR) is 110 cm³/mol. The fourth-order valence-corrected chi connectivity index (χ4v) is 2.88. The van der Waals surface area contributed by atoms with Gasteiger partial charge in [-0.1, -0.05) is 18.2 Å². The standard InChI is InChI=1S/C21H20N6O3/c1-2-26-14-17(19(25-26)21(29)23-15-7-4-3-5-8-15)24-20(28)18-10-9-16(30-18)13-27-12-6-11-22-27/h3-12,14H,2,13H2,1H3,(H,23,29)(H,24,28). The van der Waals surface area contributed by atoms with E-state index >= 15 is 0 Å². The van der Waals surface area contributed by atoms with Gasteiger partial charge in [-0.3, -0.25) is 19.0 Å². The zero-order chi connectivity index (χ0) is 20.9. The molecule has 152 valence electrons. The zero-order valence-corrected chi connectivity index (χ0v) is 16.3. The average Bonchev–Trinajstić information content (AvgIpc) is 3.50. The molecule has 0 saturated heterocycles. The molecule has 0 spiro atoms. The molecule has 2 N–H and O–H groups in total. The minimum Gasteiger partial charge on any atom is -0.454 e. The van der Waals surface area contributed by atoms with Crippen LogP contribution in [0.4, 0.5) is 11.4 Å². The molecule has 3 heterocycles. The first-order valence-electron chi connectivity index (χ1n) is 9.43. The molecule has 4 rings (SSSR count). The van der Waals surface area contributed by atoms with Gasteiger partial charge < -0.3 is 15.1 Å². The summed E-state index contributed by atoms with van der Waals surface area (Å²) in [6, 6.07) is 14.2. The number of furan rings is 1. The van der Waals surface area contributed by atoms with Crippen LogP contribution in [0.15, 0.2) is 71.5 Å². The fraction of sp³-hybridized carbons (Fsp3) is 0.143. The summed E-state index contributed by atoms with van der Waals surface area (Å²) in [4.78, 5) is 25.4. The summed E-state index contributed by atoms with van der Waals surface area (Å²) in [7, 11) is 0. The van der Waals surface area contributed by atoms with Crippen LogP contribution in [0.25, 0.3) is 0 Å². The summed E-state index contributed by atoms with van der Waals surface area (Å²) in [5.41, 5.74) is 1.07. The summed E-state index contributed by atoms with van der Waals surface area (Å²) in [5, 5.41) is 13.9. The molecule has 0 fully saturated rings. The topological polar surface area (TPSA) is 107 Å². The van der Waals surface area contributed by atoms with Gasteiger partial charge in [0.15, 0.2) is 11.5 Å². The van der Waals surface area contributed by atoms with E-state index in [1.165, 1.54) is 0 Å². The number of aryl methyl sites for hydroxylation is 1. The zero-order valence-electron chi connectivity index (χ0n) is 16.3. The second-order valence-corrected chi connectivity index (χ2v) is 6.49. The van der Waals surface area contributed by atoms with Gasteiger partial charge in [0, 0.05) is 30.8 Å². The highest BCUT2D eigenvalue weighted by atomic mass is 16.4. The molecule has 0 saturated carbocycles. The molecule has 1 aromatic carbocycles. The molecule has 0 radical (unpaired) electrons. The van der Waals surface area contributed by atoms with Gasteiger partial charge in [-0.2, -0.15) is 10.2 Å². The number of benzene rings is 1. The van der Waals surface area contributed by atoms with Gasteiger partial charge in [-0.05, 0) is 37.3 Å². The van der Waals surface area contributed by atoms with E-state index in [2.05, 4.69) is 20.8 Å². The Hall–Kier alpha value is -4.14. The second-order valence-electron chi connectivity index (χ2n) is 6.49. The van der Waals surface area contributed by atoms with E-state index in [-0.39, 0.29) is 11.5 Å². The SMILES string of the molecule is CCn1cc(NC(=O)c2ccc(Cn3cccn3)o2)c(C(=O)Nc2ccccc2)n1. The molecular weight excluding hydrogens is 384 g/mol. The normalized spacial score (nSPS) is 10.7. The highest BCUT2D eigenvalue weighted by molar-refractivity contribution is 6.10. The molecule has 0 bridgehead atoms. The highest BCUT2D eigenvalue weighted by Gasteiger charge is 2.21. The van der Waals surface area contributed by atoms with E-state index in [9.17, 15) is 9.59 Å².